The lowest BCUT2D eigenvalue weighted by Gasteiger charge is -2.28. The van der Waals surface area contributed by atoms with E-state index in [1.165, 1.54) is 12.1 Å². The predicted octanol–water partition coefficient (Wildman–Crippen LogP) is 0.449. The molecular weight excluding hydrogens is 278 g/mol. The van der Waals surface area contributed by atoms with Gasteiger partial charge < -0.3 is 20.5 Å². The molecule has 1 aliphatic heterocycles. The molecule has 2 rings (SSSR count). The van der Waals surface area contributed by atoms with Crippen molar-refractivity contribution in [1.82, 2.24) is 5.32 Å². The Morgan fingerprint density at radius 2 is 2.33 bits per heavy atom. The van der Waals surface area contributed by atoms with Gasteiger partial charge in [0.2, 0.25) is 0 Å². The zero-order valence-corrected chi connectivity index (χ0v) is 11.6. The molecule has 1 aromatic rings. The molecule has 1 saturated heterocycles. The number of nitrogens with two attached hydrogens (primary N) is 1. The van der Waals surface area contributed by atoms with E-state index < -0.39 is 10.8 Å². The SMILES string of the molecule is CC1CNCC(COc2ccc([N+](=O)[O-])cc2C(N)=O)O1. The molecule has 0 bridgehead atoms. The second-order valence-electron chi connectivity index (χ2n) is 4.84. The molecule has 0 spiro atoms. The highest BCUT2D eigenvalue weighted by molar-refractivity contribution is 5.96. The van der Waals surface area contributed by atoms with Crippen LogP contribution in [0.4, 0.5) is 5.69 Å². The average Bonchev–Trinajstić information content (AvgIpc) is 2.44. The lowest BCUT2D eigenvalue weighted by atomic mass is 10.1. The number of rotatable bonds is 5. The maximum Gasteiger partial charge on any atom is 0.270 e. The molecule has 0 radical (unpaired) electrons. The van der Waals surface area contributed by atoms with Gasteiger partial charge in [-0.25, -0.2) is 0 Å². The van der Waals surface area contributed by atoms with Gasteiger partial charge in [-0.2, -0.15) is 0 Å². The predicted molar refractivity (Wildman–Crippen MR) is 74.3 cm³/mol. The Labute approximate surface area is 121 Å². The third kappa shape index (κ3) is 3.89. The summed E-state index contributed by atoms with van der Waals surface area (Å²) in [7, 11) is 0. The van der Waals surface area contributed by atoms with Crippen LogP contribution in [0.25, 0.3) is 0 Å². The van der Waals surface area contributed by atoms with Crippen molar-refractivity contribution in [3.8, 4) is 5.75 Å². The summed E-state index contributed by atoms with van der Waals surface area (Å²) in [5.41, 5.74) is 5.01. The van der Waals surface area contributed by atoms with Gasteiger partial charge in [0.05, 0.1) is 16.6 Å². The maximum atomic E-state index is 11.4. The molecule has 8 heteroatoms. The molecule has 8 nitrogen and oxygen atoms in total. The molecule has 2 unspecified atom stereocenters. The van der Waals surface area contributed by atoms with Crippen molar-refractivity contribution in [2.75, 3.05) is 19.7 Å². The van der Waals surface area contributed by atoms with E-state index >= 15 is 0 Å². The number of benzene rings is 1. The molecule has 1 aromatic carbocycles. The standard InChI is InChI=1S/C13H17N3O5/c1-8-5-15-6-10(21-8)7-20-12-3-2-9(16(18)19)4-11(12)13(14)17/h2-4,8,10,15H,5-7H2,1H3,(H2,14,17). The van der Waals surface area contributed by atoms with Crippen molar-refractivity contribution < 1.29 is 19.2 Å². The highest BCUT2D eigenvalue weighted by Gasteiger charge is 2.21. The van der Waals surface area contributed by atoms with E-state index in [1.54, 1.807) is 0 Å². The van der Waals surface area contributed by atoms with Crippen LogP contribution in [0.15, 0.2) is 18.2 Å². The molecule has 1 aliphatic rings. The number of primary amides is 1. The van der Waals surface area contributed by atoms with Gasteiger partial charge in [0, 0.05) is 25.2 Å². The summed E-state index contributed by atoms with van der Waals surface area (Å²) in [6.07, 6.45) is -0.0653. The summed E-state index contributed by atoms with van der Waals surface area (Å²) in [4.78, 5) is 21.5. The molecular formula is C13H17N3O5. The zero-order chi connectivity index (χ0) is 15.4. The molecule has 21 heavy (non-hydrogen) atoms. The average molecular weight is 295 g/mol. The molecule has 0 aromatic heterocycles. The number of nitrogens with zero attached hydrogens (tertiary/aromatic N) is 1. The third-order valence-corrected chi connectivity index (χ3v) is 3.09. The summed E-state index contributed by atoms with van der Waals surface area (Å²) < 4.78 is 11.2. The van der Waals surface area contributed by atoms with E-state index in [2.05, 4.69) is 5.32 Å². The molecule has 1 heterocycles. The number of nitro benzene ring substituents is 1. The van der Waals surface area contributed by atoms with Crippen LogP contribution in [0, 0.1) is 10.1 Å². The van der Waals surface area contributed by atoms with Gasteiger partial charge in [0.15, 0.2) is 0 Å². The number of carbonyl (C=O) groups excluding carboxylic acids is 1. The number of morpholine rings is 1. The first-order valence-electron chi connectivity index (χ1n) is 6.54. The molecule has 114 valence electrons. The van der Waals surface area contributed by atoms with Gasteiger partial charge in [0.25, 0.3) is 11.6 Å². The molecule has 3 N–H and O–H groups in total. The Balaban J connectivity index is 2.08. The fourth-order valence-electron chi connectivity index (χ4n) is 2.10. The van der Waals surface area contributed by atoms with E-state index in [-0.39, 0.29) is 35.8 Å². The Morgan fingerprint density at radius 3 is 2.95 bits per heavy atom. The summed E-state index contributed by atoms with van der Waals surface area (Å²) in [5, 5.41) is 13.9. The number of amides is 1. The van der Waals surface area contributed by atoms with Crippen LogP contribution in [-0.4, -0.2) is 42.7 Å². The third-order valence-electron chi connectivity index (χ3n) is 3.09. The number of non-ortho nitro benzene ring substituents is 1. The van der Waals surface area contributed by atoms with Crippen molar-refractivity contribution in [2.45, 2.75) is 19.1 Å². The summed E-state index contributed by atoms with van der Waals surface area (Å²) >= 11 is 0. The minimum Gasteiger partial charge on any atom is -0.490 e. The molecule has 1 amide bonds. The summed E-state index contributed by atoms with van der Waals surface area (Å²) in [5.74, 6) is -0.556. The number of hydrogen-bond donors (Lipinski definition) is 2. The van der Waals surface area contributed by atoms with Crippen molar-refractivity contribution in [2.24, 2.45) is 5.73 Å². The Hall–Kier alpha value is -2.19. The van der Waals surface area contributed by atoms with Crippen LogP contribution in [0.2, 0.25) is 0 Å². The van der Waals surface area contributed by atoms with Crippen molar-refractivity contribution in [3.05, 3.63) is 33.9 Å². The first kappa shape index (κ1) is 15.2. The molecule has 0 aliphatic carbocycles. The quantitative estimate of drug-likeness (QED) is 0.601. The number of nitrogens with one attached hydrogen (secondary N) is 1. The Bertz CT molecular complexity index is 549. The number of nitro groups is 1. The van der Waals surface area contributed by atoms with Crippen LogP contribution >= 0.6 is 0 Å². The van der Waals surface area contributed by atoms with Crippen molar-refractivity contribution in [3.63, 3.8) is 0 Å². The van der Waals surface area contributed by atoms with E-state index in [0.29, 0.717) is 6.54 Å². The van der Waals surface area contributed by atoms with Gasteiger partial charge in [0.1, 0.15) is 18.5 Å². The maximum absolute atomic E-state index is 11.4. The lowest BCUT2D eigenvalue weighted by molar-refractivity contribution is -0.384. The lowest BCUT2D eigenvalue weighted by Crippen LogP contribution is -2.45. The highest BCUT2D eigenvalue weighted by Crippen LogP contribution is 2.24. The van der Waals surface area contributed by atoms with Gasteiger partial charge in [-0.15, -0.1) is 0 Å². The molecule has 0 saturated carbocycles. The topological polar surface area (TPSA) is 117 Å². The Kier molecular flexibility index (Phi) is 4.71. The fraction of sp³-hybridized carbons (Fsp3) is 0.462. The van der Waals surface area contributed by atoms with Crippen LogP contribution in [0.5, 0.6) is 5.75 Å². The minimum atomic E-state index is -0.773. The van der Waals surface area contributed by atoms with Gasteiger partial charge in [-0.3, -0.25) is 14.9 Å². The highest BCUT2D eigenvalue weighted by atomic mass is 16.6. The summed E-state index contributed by atoms with van der Waals surface area (Å²) in [6.45, 7) is 3.60. The smallest absolute Gasteiger partial charge is 0.270 e. The largest absolute Gasteiger partial charge is 0.490 e. The first-order valence-corrected chi connectivity index (χ1v) is 6.54. The molecule has 1 fully saturated rings. The first-order chi connectivity index (χ1) is 9.97. The fourth-order valence-corrected chi connectivity index (χ4v) is 2.10. The van der Waals surface area contributed by atoms with Gasteiger partial charge in [-0.1, -0.05) is 0 Å². The number of carbonyl (C=O) groups is 1. The van der Waals surface area contributed by atoms with Crippen molar-refractivity contribution in [1.29, 1.82) is 0 Å². The monoisotopic (exact) mass is 295 g/mol. The van der Waals surface area contributed by atoms with Crippen LogP contribution in [-0.2, 0) is 4.74 Å². The number of hydrogen-bond acceptors (Lipinski definition) is 6. The van der Waals surface area contributed by atoms with Gasteiger partial charge >= 0.3 is 0 Å². The van der Waals surface area contributed by atoms with E-state index in [0.717, 1.165) is 12.6 Å². The normalized spacial score (nSPS) is 21.8. The van der Waals surface area contributed by atoms with E-state index in [1.807, 2.05) is 6.92 Å². The second kappa shape index (κ2) is 6.51. The Morgan fingerprint density at radius 1 is 1.57 bits per heavy atom. The van der Waals surface area contributed by atoms with Gasteiger partial charge in [-0.05, 0) is 13.0 Å². The second-order valence-corrected chi connectivity index (χ2v) is 4.84. The van der Waals surface area contributed by atoms with Crippen LogP contribution in [0.3, 0.4) is 0 Å². The minimum absolute atomic E-state index is 0.0129. The van der Waals surface area contributed by atoms with E-state index in [4.69, 9.17) is 15.2 Å². The molecule has 2 atom stereocenters. The van der Waals surface area contributed by atoms with Crippen LogP contribution in [0.1, 0.15) is 17.3 Å². The zero-order valence-electron chi connectivity index (χ0n) is 11.6. The summed E-state index contributed by atoms with van der Waals surface area (Å²) in [6, 6.07) is 3.75. The number of ether oxygens (including phenoxy) is 2. The van der Waals surface area contributed by atoms with E-state index in [9.17, 15) is 14.9 Å². The van der Waals surface area contributed by atoms with Crippen molar-refractivity contribution >= 4 is 11.6 Å². The van der Waals surface area contributed by atoms with Crippen LogP contribution < -0.4 is 15.8 Å².